The molecule has 2 N–H and O–H groups in total. The number of fused-ring (bicyclic) bond motifs is 1. The lowest BCUT2D eigenvalue weighted by Crippen LogP contribution is -2.04. The lowest BCUT2D eigenvalue weighted by atomic mass is 10.3. The molecule has 2 aromatic rings. The molecule has 0 amide bonds. The van der Waals surface area contributed by atoms with Gasteiger partial charge in [0.1, 0.15) is 0 Å². The highest BCUT2D eigenvalue weighted by Crippen LogP contribution is 2.12. The molecule has 2 rings (SSSR count). The summed E-state index contributed by atoms with van der Waals surface area (Å²) < 4.78 is 0. The van der Waals surface area contributed by atoms with Gasteiger partial charge in [-0.1, -0.05) is 24.4 Å². The highest BCUT2D eigenvalue weighted by atomic mass is 32.1. The molecular weight excluding hydrogens is 182 g/mol. The summed E-state index contributed by atoms with van der Waals surface area (Å²) in [6.07, 6.45) is 0. The van der Waals surface area contributed by atoms with Crippen LogP contribution in [-0.4, -0.2) is 15.0 Å². The molecule has 66 valence electrons. The van der Waals surface area contributed by atoms with Crippen LogP contribution in [0, 0.1) is 0 Å². The molecule has 0 fully saturated rings. The van der Waals surface area contributed by atoms with E-state index >= 15 is 0 Å². The second-order valence-corrected chi connectivity index (χ2v) is 3.40. The van der Waals surface area contributed by atoms with Gasteiger partial charge in [-0.15, -0.1) is 0 Å². The van der Waals surface area contributed by atoms with E-state index in [1.807, 2.05) is 31.2 Å². The predicted octanol–water partition coefficient (Wildman–Crippen LogP) is 2.32. The number of rotatable bonds is 1. The van der Waals surface area contributed by atoms with Crippen LogP contribution in [0.4, 0.5) is 5.95 Å². The Labute approximate surface area is 81.2 Å². The summed E-state index contributed by atoms with van der Waals surface area (Å²) in [5.74, 6) is 0.703. The van der Waals surface area contributed by atoms with Crippen molar-refractivity contribution >= 4 is 34.2 Å². The molecule has 0 saturated carbocycles. The molecule has 0 bridgehead atoms. The van der Waals surface area contributed by atoms with Crippen molar-refractivity contribution in [2.75, 3.05) is 5.32 Å². The van der Waals surface area contributed by atoms with Crippen molar-refractivity contribution in [2.45, 2.75) is 6.92 Å². The van der Waals surface area contributed by atoms with Crippen LogP contribution in [0.3, 0.4) is 0 Å². The molecule has 1 aromatic carbocycles. The van der Waals surface area contributed by atoms with Gasteiger partial charge in [0, 0.05) is 0 Å². The number of nitrogens with one attached hydrogen (secondary N) is 2. The van der Waals surface area contributed by atoms with E-state index in [1.165, 1.54) is 0 Å². The molecule has 0 atom stereocenters. The van der Waals surface area contributed by atoms with Gasteiger partial charge in [0.2, 0.25) is 5.95 Å². The summed E-state index contributed by atoms with van der Waals surface area (Å²) in [5.41, 5.74) is 1.96. The van der Waals surface area contributed by atoms with Gasteiger partial charge in [-0.25, -0.2) is 4.98 Å². The van der Waals surface area contributed by atoms with Gasteiger partial charge in [0.15, 0.2) is 0 Å². The number of anilines is 1. The lowest BCUT2D eigenvalue weighted by Gasteiger charge is -1.95. The van der Waals surface area contributed by atoms with Gasteiger partial charge < -0.3 is 10.3 Å². The maximum atomic E-state index is 4.91. The van der Waals surface area contributed by atoms with E-state index in [0.717, 1.165) is 11.0 Å². The Bertz CT molecular complexity index is 414. The highest BCUT2D eigenvalue weighted by Gasteiger charge is 2.00. The zero-order valence-corrected chi connectivity index (χ0v) is 7.98. The van der Waals surface area contributed by atoms with Crippen LogP contribution in [0.15, 0.2) is 24.3 Å². The fourth-order valence-electron chi connectivity index (χ4n) is 1.18. The lowest BCUT2D eigenvalue weighted by molar-refractivity contribution is 1.33. The predicted molar refractivity (Wildman–Crippen MR) is 58.0 cm³/mol. The van der Waals surface area contributed by atoms with Crippen molar-refractivity contribution in [3.05, 3.63) is 24.3 Å². The molecule has 0 saturated heterocycles. The Hall–Kier alpha value is -1.42. The first-order valence-corrected chi connectivity index (χ1v) is 4.39. The minimum Gasteiger partial charge on any atom is -0.324 e. The maximum absolute atomic E-state index is 4.91. The molecular formula is C9H9N3S. The molecule has 13 heavy (non-hydrogen) atoms. The third-order valence-corrected chi connectivity index (χ3v) is 1.79. The van der Waals surface area contributed by atoms with Gasteiger partial charge in [0.25, 0.3) is 0 Å². The Balaban J connectivity index is 2.44. The van der Waals surface area contributed by atoms with Gasteiger partial charge in [-0.05, 0) is 19.1 Å². The molecule has 4 heteroatoms. The minimum atomic E-state index is 0.703. The monoisotopic (exact) mass is 191 g/mol. The van der Waals surface area contributed by atoms with Crippen LogP contribution in [0.1, 0.15) is 6.92 Å². The van der Waals surface area contributed by atoms with E-state index in [2.05, 4.69) is 15.3 Å². The van der Waals surface area contributed by atoms with Gasteiger partial charge in [-0.2, -0.15) is 0 Å². The molecule has 0 aliphatic heterocycles. The van der Waals surface area contributed by atoms with E-state index in [-0.39, 0.29) is 0 Å². The largest absolute Gasteiger partial charge is 0.324 e. The Morgan fingerprint density at radius 1 is 1.46 bits per heavy atom. The first kappa shape index (κ1) is 8.19. The molecule has 1 aromatic heterocycles. The van der Waals surface area contributed by atoms with Gasteiger partial charge in [0.05, 0.1) is 16.0 Å². The van der Waals surface area contributed by atoms with Crippen molar-refractivity contribution in [1.29, 1.82) is 0 Å². The van der Waals surface area contributed by atoms with Crippen molar-refractivity contribution in [3.63, 3.8) is 0 Å². The molecule has 0 spiro atoms. The highest BCUT2D eigenvalue weighted by molar-refractivity contribution is 7.80. The average Bonchev–Trinajstić information content (AvgIpc) is 2.44. The molecule has 0 aliphatic rings. The Kier molecular flexibility index (Phi) is 1.98. The number of H-pyrrole nitrogens is 1. The number of para-hydroxylation sites is 2. The summed E-state index contributed by atoms with van der Waals surface area (Å²) in [6, 6.07) is 7.85. The van der Waals surface area contributed by atoms with Crippen LogP contribution in [0.25, 0.3) is 11.0 Å². The zero-order valence-electron chi connectivity index (χ0n) is 7.16. The first-order valence-electron chi connectivity index (χ1n) is 3.98. The topological polar surface area (TPSA) is 40.7 Å². The molecule has 0 unspecified atom stereocenters. The molecule has 3 nitrogen and oxygen atoms in total. The number of nitrogens with zero attached hydrogens (tertiary/aromatic N) is 1. The van der Waals surface area contributed by atoms with E-state index in [4.69, 9.17) is 12.2 Å². The van der Waals surface area contributed by atoms with Crippen molar-refractivity contribution in [1.82, 2.24) is 9.97 Å². The second-order valence-electron chi connectivity index (χ2n) is 2.78. The average molecular weight is 191 g/mol. The van der Waals surface area contributed by atoms with Crippen LogP contribution < -0.4 is 5.32 Å². The fourth-order valence-corrected chi connectivity index (χ4v) is 1.28. The number of aromatic nitrogens is 2. The summed E-state index contributed by atoms with van der Waals surface area (Å²) in [7, 11) is 0. The van der Waals surface area contributed by atoms with Gasteiger partial charge >= 0.3 is 0 Å². The van der Waals surface area contributed by atoms with Crippen molar-refractivity contribution < 1.29 is 0 Å². The summed E-state index contributed by atoms with van der Waals surface area (Å²) >= 11 is 4.91. The smallest absolute Gasteiger partial charge is 0.206 e. The van der Waals surface area contributed by atoms with Crippen molar-refractivity contribution in [2.24, 2.45) is 0 Å². The zero-order chi connectivity index (χ0) is 9.26. The SMILES string of the molecule is CC(=S)Nc1nc2ccccc2[nH]1. The summed E-state index contributed by atoms with van der Waals surface area (Å²) in [6.45, 7) is 1.82. The van der Waals surface area contributed by atoms with E-state index in [9.17, 15) is 0 Å². The van der Waals surface area contributed by atoms with Crippen molar-refractivity contribution in [3.8, 4) is 0 Å². The second kappa shape index (κ2) is 3.14. The van der Waals surface area contributed by atoms with Gasteiger partial charge in [-0.3, -0.25) is 0 Å². The number of hydrogen-bond donors (Lipinski definition) is 2. The normalized spacial score (nSPS) is 10.2. The molecule has 0 radical (unpaired) electrons. The molecule has 1 heterocycles. The maximum Gasteiger partial charge on any atom is 0.206 e. The van der Waals surface area contributed by atoms with Crippen LogP contribution in [0.5, 0.6) is 0 Å². The summed E-state index contributed by atoms with van der Waals surface area (Å²) in [5, 5.41) is 2.96. The van der Waals surface area contributed by atoms with E-state index in [1.54, 1.807) is 0 Å². The third-order valence-electron chi connectivity index (χ3n) is 1.68. The number of imidazole rings is 1. The van der Waals surface area contributed by atoms with E-state index < -0.39 is 0 Å². The standard InChI is InChI=1S/C9H9N3S/c1-6(13)10-9-11-7-4-2-3-5-8(7)12-9/h2-5H,1H3,(H2,10,11,12,13). The van der Waals surface area contributed by atoms with Crippen LogP contribution in [-0.2, 0) is 0 Å². The Morgan fingerprint density at radius 2 is 2.23 bits per heavy atom. The first-order chi connectivity index (χ1) is 6.25. The minimum absolute atomic E-state index is 0.703. The molecule has 0 aliphatic carbocycles. The fraction of sp³-hybridized carbons (Fsp3) is 0.111. The number of aromatic amines is 1. The third kappa shape index (κ3) is 1.67. The number of benzene rings is 1. The van der Waals surface area contributed by atoms with Crippen LogP contribution in [0.2, 0.25) is 0 Å². The quantitative estimate of drug-likeness (QED) is 0.680. The number of hydrogen-bond acceptors (Lipinski definition) is 2. The van der Waals surface area contributed by atoms with Crippen LogP contribution >= 0.6 is 12.2 Å². The Morgan fingerprint density at radius 3 is 2.92 bits per heavy atom. The van der Waals surface area contributed by atoms with E-state index in [0.29, 0.717) is 10.9 Å². The number of thiocarbonyl (C=S) groups is 1. The summed E-state index contributed by atoms with van der Waals surface area (Å²) in [4.78, 5) is 8.12.